The van der Waals surface area contributed by atoms with Gasteiger partial charge in [-0.25, -0.2) is 9.59 Å². The van der Waals surface area contributed by atoms with Crippen LogP contribution in [-0.2, 0) is 14.4 Å². The second-order valence-electron chi connectivity index (χ2n) is 3.40. The average molecular weight is 234 g/mol. The Bertz CT molecular complexity index is 496. The maximum absolute atomic E-state index is 11.0. The van der Waals surface area contributed by atoms with Crippen molar-refractivity contribution in [2.75, 3.05) is 0 Å². The Labute approximate surface area is 97.0 Å². The summed E-state index contributed by atoms with van der Waals surface area (Å²) in [5, 5.41) is 17.3. The van der Waals surface area contributed by atoms with E-state index in [2.05, 4.69) is 0 Å². The summed E-state index contributed by atoms with van der Waals surface area (Å²) < 4.78 is 0. The van der Waals surface area contributed by atoms with Gasteiger partial charge in [-0.2, -0.15) is 0 Å². The second kappa shape index (κ2) is 5.07. The van der Waals surface area contributed by atoms with E-state index in [1.54, 1.807) is 12.1 Å². The molecule has 0 radical (unpaired) electrons. The molecule has 0 spiro atoms. The molecule has 88 valence electrons. The number of carboxylic acids is 2. The van der Waals surface area contributed by atoms with Gasteiger partial charge in [0.1, 0.15) is 0 Å². The van der Waals surface area contributed by atoms with Crippen LogP contribution in [0.2, 0.25) is 0 Å². The summed E-state index contributed by atoms with van der Waals surface area (Å²) in [7, 11) is 0. The monoisotopic (exact) mass is 234 g/mol. The minimum Gasteiger partial charge on any atom is -0.478 e. The highest BCUT2D eigenvalue weighted by atomic mass is 16.4. The second-order valence-corrected chi connectivity index (χ2v) is 3.40. The van der Waals surface area contributed by atoms with E-state index >= 15 is 0 Å². The summed E-state index contributed by atoms with van der Waals surface area (Å²) >= 11 is 0. The molecule has 17 heavy (non-hydrogen) atoms. The van der Waals surface area contributed by atoms with E-state index in [-0.39, 0.29) is 11.1 Å². The first-order valence-corrected chi connectivity index (χ1v) is 4.71. The summed E-state index contributed by atoms with van der Waals surface area (Å²) in [6.07, 6.45) is 0.606. The highest BCUT2D eigenvalue weighted by Gasteiger charge is 2.16. The number of hydrogen-bond donors (Lipinski definition) is 2. The molecule has 0 unspecified atom stereocenters. The van der Waals surface area contributed by atoms with Gasteiger partial charge in [0, 0.05) is 6.08 Å². The molecule has 0 aliphatic rings. The number of aryl methyl sites for hydroxylation is 1. The topological polar surface area (TPSA) is 91.7 Å². The van der Waals surface area contributed by atoms with Gasteiger partial charge in [0.25, 0.3) is 5.78 Å². The predicted molar refractivity (Wildman–Crippen MR) is 59.4 cm³/mol. The zero-order valence-corrected chi connectivity index (χ0v) is 9.01. The predicted octanol–water partition coefficient (Wildman–Crippen LogP) is 1.12. The quantitative estimate of drug-likeness (QED) is 0.601. The fourth-order valence-electron chi connectivity index (χ4n) is 1.19. The number of rotatable bonds is 4. The zero-order valence-electron chi connectivity index (χ0n) is 9.01. The van der Waals surface area contributed by atoms with E-state index in [4.69, 9.17) is 10.2 Å². The number of carbonyl (C=O) groups excluding carboxylic acids is 1. The van der Waals surface area contributed by atoms with Crippen molar-refractivity contribution in [3.05, 3.63) is 41.5 Å². The van der Waals surface area contributed by atoms with E-state index < -0.39 is 17.7 Å². The lowest BCUT2D eigenvalue weighted by molar-refractivity contribution is -0.146. The molecule has 5 heteroatoms. The third-order valence-electron chi connectivity index (χ3n) is 2.08. The third-order valence-corrected chi connectivity index (χ3v) is 2.08. The molecule has 0 heterocycles. The van der Waals surface area contributed by atoms with E-state index in [9.17, 15) is 14.4 Å². The number of ketones is 1. The molecule has 1 rings (SSSR count). The van der Waals surface area contributed by atoms with Crippen molar-refractivity contribution in [1.29, 1.82) is 0 Å². The van der Waals surface area contributed by atoms with Crippen LogP contribution in [0.5, 0.6) is 0 Å². The first-order valence-electron chi connectivity index (χ1n) is 4.71. The molecule has 0 atom stereocenters. The molecule has 0 aliphatic heterocycles. The van der Waals surface area contributed by atoms with Crippen LogP contribution in [0.3, 0.4) is 0 Å². The maximum Gasteiger partial charge on any atom is 0.376 e. The molecule has 0 saturated carbocycles. The van der Waals surface area contributed by atoms with E-state index in [0.29, 0.717) is 6.08 Å². The Morgan fingerprint density at radius 3 is 1.94 bits per heavy atom. The number of aliphatic carboxylic acids is 2. The summed E-state index contributed by atoms with van der Waals surface area (Å²) in [5.74, 6) is -4.29. The zero-order chi connectivity index (χ0) is 13.0. The van der Waals surface area contributed by atoms with Gasteiger partial charge in [-0.3, -0.25) is 4.79 Å². The van der Waals surface area contributed by atoms with Crippen LogP contribution in [-0.4, -0.2) is 27.9 Å². The van der Waals surface area contributed by atoms with Crippen molar-refractivity contribution in [3.63, 3.8) is 0 Å². The Hall–Kier alpha value is -2.43. The fourth-order valence-corrected chi connectivity index (χ4v) is 1.19. The van der Waals surface area contributed by atoms with Crippen molar-refractivity contribution < 1.29 is 24.6 Å². The van der Waals surface area contributed by atoms with Crippen LogP contribution < -0.4 is 0 Å². The Morgan fingerprint density at radius 1 is 1.00 bits per heavy atom. The fraction of sp³-hybridized carbons (Fsp3) is 0.0833. The summed E-state index contributed by atoms with van der Waals surface area (Å²) in [4.78, 5) is 32.2. The molecule has 0 amide bonds. The highest BCUT2D eigenvalue weighted by molar-refractivity contribution is 6.41. The Kier molecular flexibility index (Phi) is 3.77. The molecule has 5 nitrogen and oxygen atoms in total. The van der Waals surface area contributed by atoms with Gasteiger partial charge in [0.05, 0.1) is 5.57 Å². The number of carboxylic acid groups (broad SMARTS) is 2. The van der Waals surface area contributed by atoms with Gasteiger partial charge >= 0.3 is 11.9 Å². The van der Waals surface area contributed by atoms with Crippen molar-refractivity contribution in [3.8, 4) is 0 Å². The molecule has 0 saturated heterocycles. The first kappa shape index (κ1) is 12.6. The number of benzene rings is 1. The summed E-state index contributed by atoms with van der Waals surface area (Å²) in [5.41, 5.74) is 0.887. The van der Waals surface area contributed by atoms with Gasteiger partial charge < -0.3 is 10.2 Å². The van der Waals surface area contributed by atoms with Gasteiger partial charge in [-0.15, -0.1) is 0 Å². The van der Waals surface area contributed by atoms with Crippen molar-refractivity contribution >= 4 is 23.3 Å². The minimum atomic E-state index is -1.68. The van der Waals surface area contributed by atoms with Crippen LogP contribution in [0.1, 0.15) is 11.1 Å². The standard InChI is InChI=1S/C12H10O5/c1-7-2-4-8(5-3-7)9(11(14)15)6-10(13)12(16)17/h2-6H,1H3,(H,14,15)(H,16,17)/b9-6-. The van der Waals surface area contributed by atoms with E-state index in [1.165, 1.54) is 12.1 Å². The lowest BCUT2D eigenvalue weighted by atomic mass is 10.0. The molecule has 1 aromatic carbocycles. The summed E-state index contributed by atoms with van der Waals surface area (Å²) in [6.45, 7) is 1.83. The van der Waals surface area contributed by atoms with Crippen molar-refractivity contribution in [1.82, 2.24) is 0 Å². The largest absolute Gasteiger partial charge is 0.478 e. The SMILES string of the molecule is Cc1ccc(/C(=C/C(=O)C(=O)O)C(=O)O)cc1. The van der Waals surface area contributed by atoms with Crippen LogP contribution in [0.25, 0.3) is 5.57 Å². The number of carbonyl (C=O) groups is 3. The van der Waals surface area contributed by atoms with Gasteiger partial charge in [0.15, 0.2) is 0 Å². The molecule has 2 N–H and O–H groups in total. The molecule has 0 fully saturated rings. The first-order chi connectivity index (χ1) is 7.91. The van der Waals surface area contributed by atoms with Gasteiger partial charge in [-0.1, -0.05) is 29.8 Å². The van der Waals surface area contributed by atoms with Crippen LogP contribution in [0.4, 0.5) is 0 Å². The molecule has 0 aromatic heterocycles. The van der Waals surface area contributed by atoms with Crippen LogP contribution >= 0.6 is 0 Å². The summed E-state index contributed by atoms with van der Waals surface area (Å²) in [6, 6.07) is 6.39. The van der Waals surface area contributed by atoms with Gasteiger partial charge in [0.2, 0.25) is 0 Å². The molecule has 1 aromatic rings. The lowest BCUT2D eigenvalue weighted by Crippen LogP contribution is -2.12. The van der Waals surface area contributed by atoms with Crippen LogP contribution in [0.15, 0.2) is 30.3 Å². The Morgan fingerprint density at radius 2 is 1.53 bits per heavy atom. The third kappa shape index (κ3) is 3.27. The highest BCUT2D eigenvalue weighted by Crippen LogP contribution is 2.15. The molecular formula is C12H10O5. The normalized spacial score (nSPS) is 11.0. The average Bonchev–Trinajstić information content (AvgIpc) is 2.26. The smallest absolute Gasteiger partial charge is 0.376 e. The van der Waals surface area contributed by atoms with Gasteiger partial charge in [-0.05, 0) is 12.5 Å². The van der Waals surface area contributed by atoms with Crippen LogP contribution in [0, 0.1) is 6.92 Å². The number of hydrogen-bond acceptors (Lipinski definition) is 3. The molecule has 0 aliphatic carbocycles. The molecule has 0 bridgehead atoms. The Balaban J connectivity index is 3.19. The molecular weight excluding hydrogens is 224 g/mol. The van der Waals surface area contributed by atoms with Crippen molar-refractivity contribution in [2.45, 2.75) is 6.92 Å². The van der Waals surface area contributed by atoms with E-state index in [0.717, 1.165) is 5.56 Å². The maximum atomic E-state index is 11.0. The minimum absolute atomic E-state index is 0.290. The van der Waals surface area contributed by atoms with E-state index in [1.807, 2.05) is 6.92 Å². The van der Waals surface area contributed by atoms with Crippen molar-refractivity contribution in [2.24, 2.45) is 0 Å². The lowest BCUT2D eigenvalue weighted by Gasteiger charge is -2.02.